The van der Waals surface area contributed by atoms with Crippen molar-refractivity contribution < 1.29 is 14.3 Å². The van der Waals surface area contributed by atoms with Crippen LogP contribution in [0.15, 0.2) is 30.2 Å². The van der Waals surface area contributed by atoms with Gasteiger partial charge >= 0.3 is 0 Å². The summed E-state index contributed by atoms with van der Waals surface area (Å²) in [6.45, 7) is 3.24. The molecule has 2 aliphatic heterocycles. The average Bonchev–Trinajstić information content (AvgIpc) is 2.93. The molecule has 2 aliphatic rings. The summed E-state index contributed by atoms with van der Waals surface area (Å²) >= 11 is 0. The number of fused-ring (bicyclic) bond motifs is 1. The van der Waals surface area contributed by atoms with Crippen LogP contribution in [0.4, 0.5) is 0 Å². The molecule has 0 aromatic heterocycles. The molecule has 0 bridgehead atoms. The molecular weight excluding hydrogens is 244 g/mol. The van der Waals surface area contributed by atoms with Gasteiger partial charge in [0.2, 0.25) is 5.76 Å². The van der Waals surface area contributed by atoms with Crippen LogP contribution in [0.2, 0.25) is 0 Å². The summed E-state index contributed by atoms with van der Waals surface area (Å²) in [6.07, 6.45) is 1.37. The Labute approximate surface area is 111 Å². The van der Waals surface area contributed by atoms with Crippen molar-refractivity contribution >= 4 is 5.91 Å². The maximum Gasteiger partial charge on any atom is 0.289 e. The third-order valence-electron chi connectivity index (χ3n) is 3.23. The van der Waals surface area contributed by atoms with E-state index < -0.39 is 0 Å². The largest absolute Gasteiger partial charge is 0.494 e. The Morgan fingerprint density at radius 2 is 2.16 bits per heavy atom. The molecule has 19 heavy (non-hydrogen) atoms. The summed E-state index contributed by atoms with van der Waals surface area (Å²) in [6, 6.07) is 6.28. The van der Waals surface area contributed by atoms with Crippen LogP contribution in [0.1, 0.15) is 16.7 Å². The Kier molecular flexibility index (Phi) is 3.37. The number of nitrogens with one attached hydrogen (secondary N) is 2. The topological polar surface area (TPSA) is 59.6 Å². The van der Waals surface area contributed by atoms with Gasteiger partial charge in [-0.05, 0) is 16.7 Å². The molecule has 100 valence electrons. The number of carbonyl (C=O) groups is 1. The van der Waals surface area contributed by atoms with Crippen LogP contribution in [0.3, 0.4) is 0 Å². The van der Waals surface area contributed by atoms with Gasteiger partial charge in [-0.3, -0.25) is 4.79 Å². The molecule has 0 aliphatic carbocycles. The summed E-state index contributed by atoms with van der Waals surface area (Å²) in [7, 11) is 0. The Morgan fingerprint density at radius 1 is 1.26 bits per heavy atom. The monoisotopic (exact) mass is 260 g/mol. The first-order valence-electron chi connectivity index (χ1n) is 6.37. The summed E-state index contributed by atoms with van der Waals surface area (Å²) < 4.78 is 10.3. The lowest BCUT2D eigenvalue weighted by Crippen LogP contribution is -2.28. The zero-order valence-electron chi connectivity index (χ0n) is 10.6. The summed E-state index contributed by atoms with van der Waals surface area (Å²) in [5.74, 6) is 0.00685. The zero-order chi connectivity index (χ0) is 13.1. The van der Waals surface area contributed by atoms with Gasteiger partial charge in [-0.25, -0.2) is 0 Å². The molecule has 0 fully saturated rings. The zero-order valence-corrected chi connectivity index (χ0v) is 10.6. The smallest absolute Gasteiger partial charge is 0.289 e. The van der Waals surface area contributed by atoms with Gasteiger partial charge in [-0.15, -0.1) is 0 Å². The maximum absolute atomic E-state index is 11.8. The van der Waals surface area contributed by atoms with Crippen molar-refractivity contribution in [2.24, 2.45) is 0 Å². The molecule has 5 nitrogen and oxygen atoms in total. The van der Waals surface area contributed by atoms with Gasteiger partial charge in [-0.2, -0.15) is 0 Å². The van der Waals surface area contributed by atoms with Crippen molar-refractivity contribution in [1.29, 1.82) is 0 Å². The van der Waals surface area contributed by atoms with Crippen molar-refractivity contribution in [3.8, 4) is 0 Å². The van der Waals surface area contributed by atoms with Gasteiger partial charge in [0.15, 0.2) is 0 Å². The van der Waals surface area contributed by atoms with E-state index in [1.54, 1.807) is 0 Å². The van der Waals surface area contributed by atoms with Gasteiger partial charge in [-0.1, -0.05) is 18.2 Å². The van der Waals surface area contributed by atoms with Gasteiger partial charge < -0.3 is 20.1 Å². The number of hydrogen-bond donors (Lipinski definition) is 2. The highest BCUT2D eigenvalue weighted by Crippen LogP contribution is 2.17. The molecule has 0 spiro atoms. The minimum Gasteiger partial charge on any atom is -0.494 e. The lowest BCUT2D eigenvalue weighted by atomic mass is 10.1. The summed E-state index contributed by atoms with van der Waals surface area (Å²) in [4.78, 5) is 11.8. The van der Waals surface area contributed by atoms with Crippen molar-refractivity contribution in [2.45, 2.75) is 19.6 Å². The molecule has 1 aromatic carbocycles. The molecule has 0 radical (unpaired) electrons. The van der Waals surface area contributed by atoms with E-state index in [1.807, 2.05) is 6.07 Å². The molecule has 0 atom stereocenters. The molecule has 0 unspecified atom stereocenters. The Balaban J connectivity index is 1.60. The molecule has 0 saturated heterocycles. The fraction of sp³-hybridized carbons (Fsp3) is 0.357. The van der Waals surface area contributed by atoms with Gasteiger partial charge in [0, 0.05) is 19.6 Å². The SMILES string of the molecule is O=C(NCc1ccc2c(c1)CNC2)C1=COCCO1. The first-order valence-corrected chi connectivity index (χ1v) is 6.37. The minimum atomic E-state index is -0.238. The van der Waals surface area contributed by atoms with Crippen molar-refractivity contribution in [2.75, 3.05) is 13.2 Å². The number of ether oxygens (including phenoxy) is 2. The van der Waals surface area contributed by atoms with Crippen LogP contribution in [-0.2, 0) is 33.9 Å². The minimum absolute atomic E-state index is 0.238. The van der Waals surface area contributed by atoms with E-state index >= 15 is 0 Å². The van der Waals surface area contributed by atoms with Gasteiger partial charge in [0.05, 0.1) is 0 Å². The highest BCUT2D eigenvalue weighted by atomic mass is 16.6. The number of amides is 1. The molecule has 1 aromatic rings. The molecule has 5 heteroatoms. The van der Waals surface area contributed by atoms with Crippen LogP contribution < -0.4 is 10.6 Å². The third kappa shape index (κ3) is 2.71. The third-order valence-corrected chi connectivity index (χ3v) is 3.23. The summed E-state index contributed by atoms with van der Waals surface area (Å²) in [5.41, 5.74) is 3.73. The average molecular weight is 260 g/mol. The predicted octanol–water partition coefficient (Wildman–Crippen LogP) is 0.794. The number of carbonyl (C=O) groups excluding carboxylic acids is 1. The van der Waals surface area contributed by atoms with Gasteiger partial charge in [0.1, 0.15) is 19.5 Å². The van der Waals surface area contributed by atoms with Crippen LogP contribution in [0.25, 0.3) is 0 Å². The molecular formula is C14H16N2O3. The standard InChI is InChI=1S/C14H16N2O3/c17-14(13-9-18-3-4-19-13)16-6-10-1-2-11-7-15-8-12(11)5-10/h1-2,5,9,15H,3-4,6-8H2,(H,16,17). The van der Waals surface area contributed by atoms with Gasteiger partial charge in [0.25, 0.3) is 5.91 Å². The highest BCUT2D eigenvalue weighted by Gasteiger charge is 2.15. The quantitative estimate of drug-likeness (QED) is 0.843. The van der Waals surface area contributed by atoms with E-state index in [1.165, 1.54) is 17.4 Å². The lowest BCUT2D eigenvalue weighted by molar-refractivity contribution is -0.122. The fourth-order valence-corrected chi connectivity index (χ4v) is 2.21. The Bertz CT molecular complexity index is 525. The van der Waals surface area contributed by atoms with E-state index in [0.717, 1.165) is 18.7 Å². The van der Waals surface area contributed by atoms with Crippen LogP contribution in [0, 0.1) is 0 Å². The van der Waals surface area contributed by atoms with Crippen LogP contribution in [0.5, 0.6) is 0 Å². The molecule has 1 amide bonds. The second kappa shape index (κ2) is 5.32. The highest BCUT2D eigenvalue weighted by molar-refractivity contribution is 5.91. The van der Waals surface area contributed by atoms with Crippen molar-refractivity contribution in [1.82, 2.24) is 10.6 Å². The van der Waals surface area contributed by atoms with Crippen molar-refractivity contribution in [3.63, 3.8) is 0 Å². The Hall–Kier alpha value is -2.01. The number of benzene rings is 1. The van der Waals surface area contributed by atoms with E-state index in [2.05, 4.69) is 22.8 Å². The Morgan fingerprint density at radius 3 is 3.00 bits per heavy atom. The van der Waals surface area contributed by atoms with E-state index in [4.69, 9.17) is 9.47 Å². The van der Waals surface area contributed by atoms with Crippen molar-refractivity contribution in [3.05, 3.63) is 46.9 Å². The predicted molar refractivity (Wildman–Crippen MR) is 68.8 cm³/mol. The normalized spacial score (nSPS) is 16.9. The second-order valence-corrected chi connectivity index (χ2v) is 4.59. The van der Waals surface area contributed by atoms with Crippen LogP contribution >= 0.6 is 0 Å². The summed E-state index contributed by atoms with van der Waals surface area (Å²) in [5, 5.41) is 6.13. The number of hydrogen-bond acceptors (Lipinski definition) is 4. The van der Waals surface area contributed by atoms with E-state index in [9.17, 15) is 4.79 Å². The lowest BCUT2D eigenvalue weighted by Gasteiger charge is -2.15. The van der Waals surface area contributed by atoms with Crippen LogP contribution in [-0.4, -0.2) is 19.1 Å². The number of rotatable bonds is 3. The molecule has 2 heterocycles. The first kappa shape index (κ1) is 12.0. The molecule has 2 N–H and O–H groups in total. The van der Waals surface area contributed by atoms with E-state index in [-0.39, 0.29) is 11.7 Å². The molecule has 3 rings (SSSR count). The fourth-order valence-electron chi connectivity index (χ4n) is 2.21. The van der Waals surface area contributed by atoms with E-state index in [0.29, 0.717) is 19.8 Å². The first-order chi connectivity index (χ1) is 9.33. The maximum atomic E-state index is 11.8. The molecule has 0 saturated carbocycles. The second-order valence-electron chi connectivity index (χ2n) is 4.59.